The van der Waals surface area contributed by atoms with Gasteiger partial charge in [0.1, 0.15) is 30.0 Å². The Morgan fingerprint density at radius 3 is 1.91 bits per heavy atom. The number of carbonyl (C=O) groups is 3. The monoisotopic (exact) mass is 829 g/mol. The standard InChI is InChI=1S/C42H45FN3O6PS2Si/c1-29(52-56(3,4)5)37-38(35(25-43)36(47)27-54-42-45-44-28-55-42)46(39(37)48)40(41(49)51-26-30-21-23-31(50-2)24-22-30)53(32-15-9-6-10-16-32,33-17-11-7-12-18-33)34-19-13-8-14-20-34/h6-24,28-29,35,37-38H,25-27H2,1-5H3/t29-,35+,37-,38-/m1/s1. The van der Waals surface area contributed by atoms with Crippen LogP contribution in [-0.4, -0.2) is 78.2 Å². The molecule has 4 aromatic carbocycles. The van der Waals surface area contributed by atoms with E-state index in [2.05, 4.69) is 10.2 Å². The largest absolute Gasteiger partial charge is 0.497 e. The number of ether oxygens (including phenoxy) is 2. The number of esters is 1. The molecule has 0 unspecified atom stereocenters. The Morgan fingerprint density at radius 1 is 0.893 bits per heavy atom. The average Bonchev–Trinajstić information content (AvgIpc) is 3.73. The van der Waals surface area contributed by atoms with Gasteiger partial charge in [-0.15, -0.1) is 10.2 Å². The number of nitrogens with zero attached hydrogens (tertiary/aromatic N) is 3. The summed E-state index contributed by atoms with van der Waals surface area (Å²) in [4.78, 5) is 46.1. The highest BCUT2D eigenvalue weighted by Crippen LogP contribution is 2.51. The fourth-order valence-corrected chi connectivity index (χ4v) is 14.3. The number of alkyl halides is 1. The molecule has 0 aliphatic carbocycles. The van der Waals surface area contributed by atoms with Gasteiger partial charge in [0.25, 0.3) is 0 Å². The Morgan fingerprint density at radius 2 is 1.45 bits per heavy atom. The number of hydrogen-bond donors (Lipinski definition) is 0. The first-order valence-electron chi connectivity index (χ1n) is 18.2. The van der Waals surface area contributed by atoms with Crippen molar-refractivity contribution < 1.29 is 32.7 Å². The fraction of sp³-hybridized carbons (Fsp3) is 0.286. The van der Waals surface area contributed by atoms with Crippen LogP contribution in [0.3, 0.4) is 0 Å². The predicted octanol–water partition coefficient (Wildman–Crippen LogP) is 6.73. The van der Waals surface area contributed by atoms with Gasteiger partial charge in [0, 0.05) is 6.89 Å². The molecule has 2 heterocycles. The summed E-state index contributed by atoms with van der Waals surface area (Å²) in [6.45, 7) is 3.34. The van der Waals surface area contributed by atoms with Gasteiger partial charge in [0.2, 0.25) is 5.91 Å². The molecule has 1 amide bonds. The number of amides is 1. The number of hydrogen-bond acceptors (Lipinski definition) is 10. The first kappa shape index (κ1) is 41.2. The summed E-state index contributed by atoms with van der Waals surface area (Å²) in [7, 11) is -0.665. The second-order valence-electron chi connectivity index (χ2n) is 14.3. The van der Waals surface area contributed by atoms with E-state index in [1.807, 2.05) is 111 Å². The summed E-state index contributed by atoms with van der Waals surface area (Å²) in [5.41, 5.74) is 2.34. The molecule has 1 aliphatic rings. The van der Waals surface area contributed by atoms with E-state index in [-0.39, 0.29) is 17.8 Å². The summed E-state index contributed by atoms with van der Waals surface area (Å²) in [6.07, 6.45) is -0.664. The van der Waals surface area contributed by atoms with E-state index in [9.17, 15) is 4.79 Å². The molecule has 0 saturated carbocycles. The molecule has 1 aliphatic heterocycles. The van der Waals surface area contributed by atoms with Crippen molar-refractivity contribution in [1.82, 2.24) is 15.1 Å². The number of thioether (sulfide) groups is 1. The molecule has 0 N–H and O–H groups in total. The Kier molecular flexibility index (Phi) is 13.4. The molecule has 1 saturated heterocycles. The van der Waals surface area contributed by atoms with Gasteiger partial charge in [0.15, 0.2) is 18.4 Å². The van der Waals surface area contributed by atoms with E-state index in [0.29, 0.717) is 15.7 Å². The smallest absolute Gasteiger partial charge is 0.356 e. The minimum absolute atomic E-state index is 0.0732. The van der Waals surface area contributed by atoms with Crippen LogP contribution in [0, 0.1) is 11.8 Å². The lowest BCUT2D eigenvalue weighted by molar-refractivity contribution is -0.162. The number of β-lactam (4-membered cyclic amide) rings is 1. The topological polar surface area (TPSA) is 108 Å². The maximum Gasteiger partial charge on any atom is 0.356 e. The predicted molar refractivity (Wildman–Crippen MR) is 226 cm³/mol. The lowest BCUT2D eigenvalue weighted by atomic mass is 9.75. The van der Waals surface area contributed by atoms with Crippen molar-refractivity contribution >= 4 is 77.3 Å². The lowest BCUT2D eigenvalue weighted by Crippen LogP contribution is -2.72. The molecular formula is C42H45FN3O6PS2Si. The van der Waals surface area contributed by atoms with E-state index in [4.69, 9.17) is 13.9 Å². The van der Waals surface area contributed by atoms with Gasteiger partial charge in [-0.05, 0) is 60.2 Å². The van der Waals surface area contributed by atoms with Crippen LogP contribution in [0.4, 0.5) is 4.39 Å². The van der Waals surface area contributed by atoms with E-state index < -0.39 is 63.5 Å². The number of halogens is 1. The van der Waals surface area contributed by atoms with Crippen LogP contribution in [0.5, 0.6) is 5.75 Å². The van der Waals surface area contributed by atoms with Gasteiger partial charge >= 0.3 is 5.97 Å². The number of carbonyl (C=O) groups excluding carboxylic acids is 3. The number of rotatable bonds is 17. The van der Waals surface area contributed by atoms with Gasteiger partial charge in [0.05, 0.1) is 36.8 Å². The lowest BCUT2D eigenvalue weighted by Gasteiger charge is -2.54. The molecule has 56 heavy (non-hydrogen) atoms. The Hall–Kier alpha value is -4.39. The second-order valence-corrected chi connectivity index (χ2v) is 24.1. The zero-order valence-electron chi connectivity index (χ0n) is 31.9. The van der Waals surface area contributed by atoms with Crippen LogP contribution in [0.1, 0.15) is 12.5 Å². The minimum atomic E-state index is -3.34. The molecule has 0 bridgehead atoms. The maximum atomic E-state index is 15.7. The number of benzene rings is 4. The number of aromatic nitrogens is 2. The van der Waals surface area contributed by atoms with Crippen molar-refractivity contribution in [2.45, 2.75) is 49.7 Å². The zero-order valence-corrected chi connectivity index (χ0v) is 35.4. The molecule has 4 atom stereocenters. The number of methoxy groups -OCH3 is 1. The second kappa shape index (κ2) is 18.2. The van der Waals surface area contributed by atoms with Gasteiger partial charge in [-0.3, -0.25) is 14.0 Å². The van der Waals surface area contributed by atoms with Gasteiger partial charge in [-0.2, -0.15) is 0 Å². The van der Waals surface area contributed by atoms with Crippen molar-refractivity contribution in [3.63, 3.8) is 0 Å². The van der Waals surface area contributed by atoms with Gasteiger partial charge in [-0.25, -0.2) is 4.79 Å². The third-order valence-corrected chi connectivity index (χ3v) is 16.8. The first-order chi connectivity index (χ1) is 27.0. The molecule has 1 fully saturated rings. The van der Waals surface area contributed by atoms with E-state index in [0.717, 1.165) is 15.9 Å². The van der Waals surface area contributed by atoms with E-state index in [1.54, 1.807) is 43.8 Å². The minimum Gasteiger partial charge on any atom is -0.497 e. The molecule has 1 aromatic heterocycles. The quantitative estimate of drug-likeness (QED) is 0.0332. The van der Waals surface area contributed by atoms with Gasteiger partial charge in [-0.1, -0.05) is 126 Å². The summed E-state index contributed by atoms with van der Waals surface area (Å²) < 4.78 is 34.4. The van der Waals surface area contributed by atoms with Gasteiger partial charge < -0.3 is 18.8 Å². The van der Waals surface area contributed by atoms with Crippen LogP contribution in [0.2, 0.25) is 19.6 Å². The van der Waals surface area contributed by atoms with Crippen LogP contribution in [0.15, 0.2) is 125 Å². The Balaban J connectivity index is 1.63. The third-order valence-electron chi connectivity index (χ3n) is 9.59. The Labute approximate surface area is 336 Å². The number of likely N-dealkylation sites (tertiary alicyclic amines) is 1. The highest BCUT2D eigenvalue weighted by atomic mass is 32.2. The summed E-state index contributed by atoms with van der Waals surface area (Å²) in [6, 6.07) is 34.9. The third kappa shape index (κ3) is 8.77. The number of Topliss-reactive ketones (excluding diaryl/α,β-unsaturated/α-hetero) is 1. The molecule has 14 heteroatoms. The average molecular weight is 830 g/mol. The van der Waals surface area contributed by atoms with Crippen LogP contribution in [0.25, 0.3) is 0 Å². The van der Waals surface area contributed by atoms with Crippen molar-refractivity contribution in [1.29, 1.82) is 0 Å². The fourth-order valence-electron chi connectivity index (χ4n) is 7.25. The molecule has 0 spiro atoms. The molecule has 292 valence electrons. The summed E-state index contributed by atoms with van der Waals surface area (Å²) in [5, 5.41) is 10.3. The zero-order chi connectivity index (χ0) is 39.9. The molecule has 0 radical (unpaired) electrons. The normalized spacial score (nSPS) is 16.8. The molecular weight excluding hydrogens is 785 g/mol. The highest BCUT2D eigenvalue weighted by Gasteiger charge is 2.59. The van der Waals surface area contributed by atoms with Crippen molar-refractivity contribution in [3.05, 3.63) is 126 Å². The molecule has 9 nitrogen and oxygen atoms in total. The van der Waals surface area contributed by atoms with Crippen molar-refractivity contribution in [3.8, 4) is 5.75 Å². The summed E-state index contributed by atoms with van der Waals surface area (Å²) in [5.74, 6) is -3.20. The Bertz CT molecular complexity index is 2050. The highest BCUT2D eigenvalue weighted by molar-refractivity contribution is 8.01. The molecule has 6 rings (SSSR count). The summed E-state index contributed by atoms with van der Waals surface area (Å²) >= 11 is 2.45. The molecule has 5 aromatic rings. The maximum absolute atomic E-state index is 15.7. The first-order valence-corrected chi connectivity index (χ1v) is 25.3. The SMILES string of the molecule is COc1ccc(COC(=O)C(N2C(=O)[C@H]([C@@H](C)O[Si](C)(C)C)[C@H]2[C@@H](CF)C(=O)CSc2nncs2)=P(c2ccccc2)(c2ccccc2)c2ccccc2)cc1. The number of ketones is 1. The van der Waals surface area contributed by atoms with E-state index in [1.165, 1.54) is 28.0 Å². The van der Waals surface area contributed by atoms with Crippen molar-refractivity contribution in [2.75, 3.05) is 19.5 Å². The van der Waals surface area contributed by atoms with Crippen LogP contribution >= 0.6 is 30.0 Å². The van der Waals surface area contributed by atoms with E-state index >= 15 is 14.0 Å². The van der Waals surface area contributed by atoms with Crippen LogP contribution < -0.4 is 20.7 Å². The van der Waals surface area contributed by atoms with Crippen molar-refractivity contribution in [2.24, 2.45) is 11.8 Å². The van der Waals surface area contributed by atoms with Crippen LogP contribution in [-0.2, 0) is 30.2 Å².